The first-order chi connectivity index (χ1) is 8.08. The van der Waals surface area contributed by atoms with Gasteiger partial charge < -0.3 is 5.73 Å². The summed E-state index contributed by atoms with van der Waals surface area (Å²) in [5.41, 5.74) is 6.01. The number of halogens is 1. The second-order valence-electron chi connectivity index (χ2n) is 4.57. The van der Waals surface area contributed by atoms with E-state index in [-0.39, 0.29) is 35.9 Å². The maximum Gasteiger partial charge on any atom is 0.233 e. The van der Waals surface area contributed by atoms with Crippen molar-refractivity contribution in [3.05, 3.63) is 29.6 Å². The molecule has 2 fully saturated rings. The Morgan fingerprint density at radius 2 is 1.94 bits per heavy atom. The Bertz CT molecular complexity index is 509. The third kappa shape index (κ3) is 1.50. The van der Waals surface area contributed by atoms with Gasteiger partial charge in [-0.2, -0.15) is 0 Å². The van der Waals surface area contributed by atoms with Crippen LogP contribution in [-0.2, 0) is 16.1 Å². The van der Waals surface area contributed by atoms with Crippen LogP contribution in [0.1, 0.15) is 12.0 Å². The molecule has 1 aliphatic heterocycles. The molecule has 1 saturated heterocycles. The van der Waals surface area contributed by atoms with Gasteiger partial charge in [-0.05, 0) is 24.1 Å². The van der Waals surface area contributed by atoms with Crippen molar-refractivity contribution in [3.8, 4) is 0 Å². The molecule has 88 valence electrons. The Kier molecular flexibility index (Phi) is 1.98. The molecule has 0 spiro atoms. The van der Waals surface area contributed by atoms with E-state index in [1.165, 1.54) is 17.0 Å². The lowest BCUT2D eigenvalue weighted by molar-refractivity contribution is -0.142. The third-order valence-corrected chi connectivity index (χ3v) is 3.36. The Balaban J connectivity index is 1.81. The number of likely N-dealkylation sites (tertiary alicyclic amines) is 1. The number of rotatable bonds is 2. The summed E-state index contributed by atoms with van der Waals surface area (Å²) < 4.78 is 13.2. The molecule has 0 radical (unpaired) electrons. The van der Waals surface area contributed by atoms with Gasteiger partial charge in [-0.25, -0.2) is 4.39 Å². The fourth-order valence-corrected chi connectivity index (χ4v) is 2.26. The fraction of sp³-hybridized carbons (Fsp3) is 0.333. The first kappa shape index (κ1) is 10.3. The molecular formula is C12H11FN2O2. The summed E-state index contributed by atoms with van der Waals surface area (Å²) in [6.45, 7) is 0.141. The summed E-state index contributed by atoms with van der Waals surface area (Å²) in [6.07, 6.45) is 0.685. The number of benzene rings is 1. The molecule has 5 heteroatoms. The van der Waals surface area contributed by atoms with Crippen LogP contribution in [0.2, 0.25) is 0 Å². The van der Waals surface area contributed by atoms with Gasteiger partial charge in [0.1, 0.15) is 5.82 Å². The molecule has 2 aliphatic rings. The Morgan fingerprint density at radius 1 is 1.29 bits per heavy atom. The highest BCUT2D eigenvalue weighted by molar-refractivity contribution is 6.08. The van der Waals surface area contributed by atoms with Crippen LogP contribution in [0, 0.1) is 17.7 Å². The summed E-state index contributed by atoms with van der Waals surface area (Å²) in [5.74, 6) is -0.997. The molecule has 2 amide bonds. The van der Waals surface area contributed by atoms with Gasteiger partial charge in [-0.3, -0.25) is 14.5 Å². The Hall–Kier alpha value is -1.91. The average Bonchev–Trinajstić information content (AvgIpc) is 3.04. The van der Waals surface area contributed by atoms with E-state index in [2.05, 4.69) is 0 Å². The van der Waals surface area contributed by atoms with Crippen molar-refractivity contribution in [3.63, 3.8) is 0 Å². The number of carbonyl (C=O) groups excluding carboxylic acids is 2. The van der Waals surface area contributed by atoms with Gasteiger partial charge >= 0.3 is 0 Å². The SMILES string of the molecule is Nc1ccc(CN2C(=O)C3CC3C2=O)cc1F. The van der Waals surface area contributed by atoms with Gasteiger partial charge in [0.05, 0.1) is 24.1 Å². The predicted molar refractivity (Wildman–Crippen MR) is 58.0 cm³/mol. The Labute approximate surface area is 97.2 Å². The van der Waals surface area contributed by atoms with Gasteiger partial charge in [0, 0.05) is 0 Å². The number of hydrogen-bond acceptors (Lipinski definition) is 3. The number of nitrogen functional groups attached to an aromatic ring is 1. The number of piperidine rings is 1. The zero-order valence-corrected chi connectivity index (χ0v) is 9.02. The molecule has 2 N–H and O–H groups in total. The van der Waals surface area contributed by atoms with Crippen LogP contribution >= 0.6 is 0 Å². The first-order valence-corrected chi connectivity index (χ1v) is 5.47. The number of nitrogens with two attached hydrogens (primary N) is 1. The van der Waals surface area contributed by atoms with Crippen molar-refractivity contribution in [1.82, 2.24) is 4.90 Å². The molecule has 0 bridgehead atoms. The van der Waals surface area contributed by atoms with Gasteiger partial charge in [0.15, 0.2) is 0 Å². The summed E-state index contributed by atoms with van der Waals surface area (Å²) in [5, 5.41) is 0. The number of anilines is 1. The standard InChI is InChI=1S/C12H11FN2O2/c13-9-3-6(1-2-10(9)14)5-15-11(16)7-4-8(7)12(15)17/h1-3,7-8H,4-5,14H2. The molecule has 17 heavy (non-hydrogen) atoms. The predicted octanol–water partition coefficient (Wildman–Crippen LogP) is 0.913. The van der Waals surface area contributed by atoms with Gasteiger partial charge in [-0.1, -0.05) is 6.07 Å². The molecular weight excluding hydrogens is 223 g/mol. The molecule has 2 unspecified atom stereocenters. The third-order valence-electron chi connectivity index (χ3n) is 3.36. The normalized spacial score (nSPS) is 26.3. The summed E-state index contributed by atoms with van der Waals surface area (Å²) in [4.78, 5) is 24.6. The van der Waals surface area contributed by atoms with Crippen LogP contribution in [0.4, 0.5) is 10.1 Å². The van der Waals surface area contributed by atoms with Gasteiger partial charge in [0.2, 0.25) is 11.8 Å². The number of hydrogen-bond donors (Lipinski definition) is 1. The lowest BCUT2D eigenvalue weighted by atomic mass is 10.2. The number of fused-ring (bicyclic) bond motifs is 1. The van der Waals surface area contributed by atoms with E-state index in [4.69, 9.17) is 5.73 Å². The van der Waals surface area contributed by atoms with Crippen molar-refractivity contribution in [1.29, 1.82) is 0 Å². The van der Waals surface area contributed by atoms with E-state index >= 15 is 0 Å². The summed E-state index contributed by atoms with van der Waals surface area (Å²) >= 11 is 0. The van der Waals surface area contributed by atoms with Crippen molar-refractivity contribution < 1.29 is 14.0 Å². The molecule has 3 rings (SSSR count). The van der Waals surface area contributed by atoms with Crippen molar-refractivity contribution in [2.24, 2.45) is 11.8 Å². The minimum atomic E-state index is -0.522. The lowest BCUT2D eigenvalue weighted by Gasteiger charge is -2.16. The molecule has 4 nitrogen and oxygen atoms in total. The maximum absolute atomic E-state index is 13.2. The van der Waals surface area contributed by atoms with Crippen molar-refractivity contribution >= 4 is 17.5 Å². The summed E-state index contributed by atoms with van der Waals surface area (Å²) in [6, 6.07) is 4.33. The minimum absolute atomic E-state index is 0.0654. The van der Waals surface area contributed by atoms with Crippen LogP contribution in [0.5, 0.6) is 0 Å². The van der Waals surface area contributed by atoms with E-state index in [0.717, 1.165) is 0 Å². The minimum Gasteiger partial charge on any atom is -0.396 e. The quantitative estimate of drug-likeness (QED) is 0.611. The highest BCUT2D eigenvalue weighted by Gasteiger charge is 2.58. The molecule has 1 aromatic carbocycles. The van der Waals surface area contributed by atoms with Crippen LogP contribution in [0.25, 0.3) is 0 Å². The topological polar surface area (TPSA) is 63.4 Å². The number of nitrogens with zero attached hydrogens (tertiary/aromatic N) is 1. The average molecular weight is 234 g/mol. The number of imide groups is 1. The lowest BCUT2D eigenvalue weighted by Crippen LogP contribution is -2.32. The molecule has 1 aliphatic carbocycles. The molecule has 1 saturated carbocycles. The molecule has 0 aromatic heterocycles. The highest BCUT2D eigenvalue weighted by Crippen LogP contribution is 2.47. The van der Waals surface area contributed by atoms with Crippen LogP contribution in [0.15, 0.2) is 18.2 Å². The largest absolute Gasteiger partial charge is 0.396 e. The van der Waals surface area contributed by atoms with Gasteiger partial charge in [0.25, 0.3) is 0 Å². The van der Waals surface area contributed by atoms with Crippen molar-refractivity contribution in [2.45, 2.75) is 13.0 Å². The van der Waals surface area contributed by atoms with Crippen molar-refractivity contribution in [2.75, 3.05) is 5.73 Å². The maximum atomic E-state index is 13.2. The van der Waals surface area contributed by atoms with E-state index in [0.29, 0.717) is 12.0 Å². The highest BCUT2D eigenvalue weighted by atomic mass is 19.1. The second kappa shape index (κ2) is 3.29. The zero-order chi connectivity index (χ0) is 12.2. The molecule has 1 aromatic rings. The molecule has 2 atom stereocenters. The van der Waals surface area contributed by atoms with Crippen LogP contribution < -0.4 is 5.73 Å². The van der Waals surface area contributed by atoms with E-state index in [1.807, 2.05) is 0 Å². The summed E-state index contributed by atoms with van der Waals surface area (Å²) in [7, 11) is 0. The molecule has 1 heterocycles. The number of carbonyl (C=O) groups is 2. The van der Waals surface area contributed by atoms with E-state index in [9.17, 15) is 14.0 Å². The fourth-order valence-electron chi connectivity index (χ4n) is 2.26. The zero-order valence-electron chi connectivity index (χ0n) is 9.02. The van der Waals surface area contributed by atoms with Crippen LogP contribution in [0.3, 0.4) is 0 Å². The smallest absolute Gasteiger partial charge is 0.233 e. The van der Waals surface area contributed by atoms with Gasteiger partial charge in [-0.15, -0.1) is 0 Å². The first-order valence-electron chi connectivity index (χ1n) is 5.47. The second-order valence-corrected chi connectivity index (χ2v) is 4.57. The monoisotopic (exact) mass is 234 g/mol. The van der Waals surface area contributed by atoms with Crippen LogP contribution in [-0.4, -0.2) is 16.7 Å². The number of amides is 2. The van der Waals surface area contributed by atoms with E-state index in [1.54, 1.807) is 6.07 Å². The Morgan fingerprint density at radius 3 is 2.53 bits per heavy atom. The van der Waals surface area contributed by atoms with E-state index < -0.39 is 5.82 Å².